The first-order valence-corrected chi connectivity index (χ1v) is 11.5. The lowest BCUT2D eigenvalue weighted by Crippen LogP contribution is -2.42. The second-order valence-electron chi connectivity index (χ2n) is 8.65. The average Bonchev–Trinajstić information content (AvgIpc) is 3.10. The largest absolute Gasteiger partial charge is 0.359 e. The van der Waals surface area contributed by atoms with E-state index in [-0.39, 0.29) is 16.7 Å². The molecule has 6 heteroatoms. The van der Waals surface area contributed by atoms with E-state index >= 15 is 0 Å². The molecule has 1 aromatic heterocycles. The van der Waals surface area contributed by atoms with Crippen LogP contribution in [0.25, 0.3) is 16.8 Å². The predicted octanol–water partition coefficient (Wildman–Crippen LogP) is 3.95. The summed E-state index contributed by atoms with van der Waals surface area (Å²) < 4.78 is 3.26. The van der Waals surface area contributed by atoms with Crippen molar-refractivity contribution in [1.82, 2.24) is 9.36 Å². The van der Waals surface area contributed by atoms with Gasteiger partial charge >= 0.3 is 0 Å². The lowest BCUT2D eigenvalue weighted by Gasteiger charge is -2.28. The minimum Gasteiger partial charge on any atom is -0.359 e. The Bertz CT molecular complexity index is 1570. The summed E-state index contributed by atoms with van der Waals surface area (Å²) >= 11 is 0. The molecule has 35 heavy (non-hydrogen) atoms. The molecule has 0 saturated heterocycles. The zero-order valence-corrected chi connectivity index (χ0v) is 19.6. The third kappa shape index (κ3) is 3.93. The molecule has 174 valence electrons. The van der Waals surface area contributed by atoms with Gasteiger partial charge in [-0.3, -0.25) is 19.1 Å². The molecule has 5 aromatic rings. The predicted molar refractivity (Wildman–Crippen MR) is 139 cm³/mol. The van der Waals surface area contributed by atoms with Gasteiger partial charge < -0.3 is 4.90 Å². The van der Waals surface area contributed by atoms with Crippen molar-refractivity contribution in [3.63, 3.8) is 0 Å². The summed E-state index contributed by atoms with van der Waals surface area (Å²) in [6, 6.07) is 28.9. The monoisotopic (exact) mass is 463 g/mol. The molecular formula is C29H25N3O3. The summed E-state index contributed by atoms with van der Waals surface area (Å²) in [5, 5.41) is 0. The fourth-order valence-electron chi connectivity index (χ4n) is 4.59. The van der Waals surface area contributed by atoms with E-state index in [4.69, 9.17) is 0 Å². The number of aromatic nitrogens is 2. The second kappa shape index (κ2) is 9.06. The summed E-state index contributed by atoms with van der Waals surface area (Å²) in [5.74, 6) is 0. The Morgan fingerprint density at radius 2 is 1.14 bits per heavy atom. The van der Waals surface area contributed by atoms with Crippen LogP contribution in [0.2, 0.25) is 0 Å². The van der Waals surface area contributed by atoms with Gasteiger partial charge in [-0.05, 0) is 30.2 Å². The maximum atomic E-state index is 13.6. The van der Waals surface area contributed by atoms with Gasteiger partial charge in [-0.1, -0.05) is 78.9 Å². The van der Waals surface area contributed by atoms with Crippen molar-refractivity contribution in [3.05, 3.63) is 139 Å². The number of nitrogens with zero attached hydrogens (tertiary/aromatic N) is 3. The zero-order chi connectivity index (χ0) is 24.5. The van der Waals surface area contributed by atoms with E-state index in [1.165, 1.54) is 4.68 Å². The lowest BCUT2D eigenvalue weighted by molar-refractivity contribution is 0.630. The molecule has 0 fully saturated rings. The highest BCUT2D eigenvalue weighted by atomic mass is 16.2. The van der Waals surface area contributed by atoms with E-state index in [0.29, 0.717) is 30.2 Å². The highest BCUT2D eigenvalue weighted by Gasteiger charge is 2.32. The lowest BCUT2D eigenvalue weighted by atomic mass is 9.97. The standard InChI is InChI=1S/C29H25N3O3/c1-20-24(29(35)32(30(20)2)23-16-10-5-11-17-23)25-26(28(34)27(25)33)31(18-21-12-6-3-7-13-21)19-22-14-8-4-9-15-22/h3-17H,18-19H2,1-2H3. The van der Waals surface area contributed by atoms with Gasteiger partial charge in [0.05, 0.1) is 16.8 Å². The highest BCUT2D eigenvalue weighted by molar-refractivity contribution is 5.83. The molecule has 6 nitrogen and oxygen atoms in total. The van der Waals surface area contributed by atoms with Gasteiger partial charge in [-0.15, -0.1) is 0 Å². The maximum absolute atomic E-state index is 13.6. The SMILES string of the molecule is Cc1c(-c2c(N(Cc3ccccc3)Cc3ccccc3)c(=O)c2=O)c(=O)n(-c2ccccc2)n1C. The van der Waals surface area contributed by atoms with Crippen molar-refractivity contribution < 1.29 is 0 Å². The number of benzene rings is 3. The van der Waals surface area contributed by atoms with Crippen LogP contribution in [0.4, 0.5) is 5.69 Å². The van der Waals surface area contributed by atoms with Crippen LogP contribution < -0.4 is 21.3 Å². The van der Waals surface area contributed by atoms with Crippen molar-refractivity contribution in [3.8, 4) is 16.8 Å². The molecule has 0 N–H and O–H groups in total. The number of hydrogen-bond donors (Lipinski definition) is 0. The van der Waals surface area contributed by atoms with Crippen molar-refractivity contribution in [2.45, 2.75) is 20.0 Å². The number of anilines is 1. The minimum atomic E-state index is -0.614. The number of para-hydroxylation sites is 1. The average molecular weight is 464 g/mol. The van der Waals surface area contributed by atoms with Crippen molar-refractivity contribution in [1.29, 1.82) is 0 Å². The summed E-state index contributed by atoms with van der Waals surface area (Å²) in [6.07, 6.45) is 0. The Kier molecular flexibility index (Phi) is 5.79. The molecule has 5 rings (SSSR count). The number of hydrogen-bond acceptors (Lipinski definition) is 4. The molecule has 1 heterocycles. The fraction of sp³-hybridized carbons (Fsp3) is 0.138. The molecule has 0 atom stereocenters. The topological polar surface area (TPSA) is 64.3 Å². The van der Waals surface area contributed by atoms with E-state index < -0.39 is 10.9 Å². The minimum absolute atomic E-state index is 0.203. The summed E-state index contributed by atoms with van der Waals surface area (Å²) in [5.41, 5.74) is 2.64. The molecule has 0 spiro atoms. The molecule has 0 radical (unpaired) electrons. The second-order valence-corrected chi connectivity index (χ2v) is 8.65. The van der Waals surface area contributed by atoms with E-state index in [1.807, 2.05) is 95.9 Å². The summed E-state index contributed by atoms with van der Waals surface area (Å²) in [6.45, 7) is 2.67. The normalized spacial score (nSPS) is 11.1. The van der Waals surface area contributed by atoms with Gasteiger partial charge in [-0.25, -0.2) is 4.68 Å². The highest BCUT2D eigenvalue weighted by Crippen LogP contribution is 2.30. The van der Waals surface area contributed by atoms with E-state index in [1.54, 1.807) is 18.7 Å². The van der Waals surface area contributed by atoms with Crippen LogP contribution in [-0.4, -0.2) is 9.36 Å². The van der Waals surface area contributed by atoms with Gasteiger partial charge in [-0.2, -0.15) is 0 Å². The molecule has 0 bridgehead atoms. The maximum Gasteiger partial charge on any atom is 0.279 e. The van der Waals surface area contributed by atoms with Crippen LogP contribution >= 0.6 is 0 Å². The Hall–Kier alpha value is -4.45. The first kappa shape index (κ1) is 22.3. The molecule has 0 aliphatic rings. The number of rotatable bonds is 7. The molecule has 0 aliphatic carbocycles. The van der Waals surface area contributed by atoms with Gasteiger partial charge in [0.1, 0.15) is 5.69 Å². The molecular weight excluding hydrogens is 438 g/mol. The van der Waals surface area contributed by atoms with Crippen LogP contribution in [0, 0.1) is 6.92 Å². The van der Waals surface area contributed by atoms with Crippen molar-refractivity contribution in [2.24, 2.45) is 7.05 Å². The van der Waals surface area contributed by atoms with E-state index in [9.17, 15) is 14.4 Å². The summed E-state index contributed by atoms with van der Waals surface area (Å²) in [4.78, 5) is 41.5. The Morgan fingerprint density at radius 3 is 1.66 bits per heavy atom. The van der Waals surface area contributed by atoms with E-state index in [0.717, 1.165) is 11.1 Å². The van der Waals surface area contributed by atoms with Gasteiger partial charge in [0.25, 0.3) is 5.56 Å². The molecule has 0 saturated carbocycles. The van der Waals surface area contributed by atoms with Crippen LogP contribution in [0.3, 0.4) is 0 Å². The third-order valence-electron chi connectivity index (χ3n) is 6.44. The summed E-state index contributed by atoms with van der Waals surface area (Å²) in [7, 11) is 1.78. The van der Waals surface area contributed by atoms with Crippen molar-refractivity contribution in [2.75, 3.05) is 4.90 Å². The zero-order valence-electron chi connectivity index (χ0n) is 19.6. The Morgan fingerprint density at radius 1 is 0.657 bits per heavy atom. The Balaban J connectivity index is 1.66. The van der Waals surface area contributed by atoms with Crippen molar-refractivity contribution >= 4 is 5.69 Å². The van der Waals surface area contributed by atoms with Crippen LogP contribution in [0.5, 0.6) is 0 Å². The first-order chi connectivity index (χ1) is 17.0. The van der Waals surface area contributed by atoms with E-state index in [2.05, 4.69) is 0 Å². The molecule has 4 aromatic carbocycles. The van der Waals surface area contributed by atoms with Crippen LogP contribution in [-0.2, 0) is 20.1 Å². The van der Waals surface area contributed by atoms with Crippen LogP contribution in [0.1, 0.15) is 16.8 Å². The smallest absolute Gasteiger partial charge is 0.279 e. The fourth-order valence-corrected chi connectivity index (χ4v) is 4.59. The third-order valence-corrected chi connectivity index (χ3v) is 6.44. The molecule has 0 unspecified atom stereocenters. The van der Waals surface area contributed by atoms with Crippen LogP contribution in [0.15, 0.2) is 105 Å². The van der Waals surface area contributed by atoms with Gasteiger partial charge in [0, 0.05) is 25.8 Å². The quantitative estimate of drug-likeness (QED) is 0.343. The molecule has 0 aliphatic heterocycles. The van der Waals surface area contributed by atoms with Gasteiger partial charge in [0.2, 0.25) is 10.9 Å². The molecule has 0 amide bonds. The Labute approximate surface area is 202 Å². The first-order valence-electron chi connectivity index (χ1n) is 11.5. The van der Waals surface area contributed by atoms with Gasteiger partial charge in [0.15, 0.2) is 0 Å².